The fourth-order valence-corrected chi connectivity index (χ4v) is 4.28. The number of carbonyl (C=O) groups excluding carboxylic acids is 1. The summed E-state index contributed by atoms with van der Waals surface area (Å²) < 4.78 is 16.1. The summed E-state index contributed by atoms with van der Waals surface area (Å²) in [7, 11) is 3.19. The van der Waals surface area contributed by atoms with Crippen molar-refractivity contribution in [2.75, 3.05) is 38.8 Å². The van der Waals surface area contributed by atoms with Crippen LogP contribution < -0.4 is 15.0 Å². The van der Waals surface area contributed by atoms with Crippen LogP contribution in [0.2, 0.25) is 0 Å². The highest BCUT2D eigenvalue weighted by molar-refractivity contribution is 5.77. The van der Waals surface area contributed by atoms with Gasteiger partial charge in [0.2, 0.25) is 5.91 Å². The lowest BCUT2D eigenvalue weighted by Gasteiger charge is -2.31. The number of aromatic nitrogens is 1. The van der Waals surface area contributed by atoms with Crippen LogP contribution in [0.5, 0.6) is 5.75 Å². The van der Waals surface area contributed by atoms with Crippen LogP contribution in [0.4, 0.5) is 6.01 Å². The molecule has 7 nitrogen and oxygen atoms in total. The van der Waals surface area contributed by atoms with Gasteiger partial charge in [-0.15, -0.1) is 0 Å². The highest BCUT2D eigenvalue weighted by atomic mass is 16.5. The molecular weight excluding hydrogens is 334 g/mol. The van der Waals surface area contributed by atoms with Crippen molar-refractivity contribution >= 4 is 23.0 Å². The average Bonchev–Trinajstić information content (AvgIpc) is 3.24. The molecule has 3 unspecified atom stereocenters. The number of benzene rings is 1. The van der Waals surface area contributed by atoms with Crippen molar-refractivity contribution in [3.8, 4) is 5.75 Å². The number of ether oxygens (including phenoxy) is 2. The Balaban J connectivity index is 1.42. The van der Waals surface area contributed by atoms with Crippen molar-refractivity contribution in [2.45, 2.75) is 25.3 Å². The highest BCUT2D eigenvalue weighted by Gasteiger charge is 2.39. The minimum atomic E-state index is -0.0290. The Morgan fingerprint density at radius 3 is 2.96 bits per heavy atom. The molecular formula is C19H25N3O4. The molecule has 1 amide bonds. The Labute approximate surface area is 152 Å². The Hall–Kier alpha value is -2.28. The molecule has 2 heterocycles. The van der Waals surface area contributed by atoms with Gasteiger partial charge >= 0.3 is 0 Å². The molecule has 3 atom stereocenters. The van der Waals surface area contributed by atoms with E-state index in [2.05, 4.69) is 15.2 Å². The van der Waals surface area contributed by atoms with E-state index in [0.717, 1.165) is 49.2 Å². The van der Waals surface area contributed by atoms with Crippen LogP contribution in [0, 0.1) is 11.8 Å². The first-order valence-electron chi connectivity index (χ1n) is 9.14. The van der Waals surface area contributed by atoms with Crippen molar-refractivity contribution in [1.82, 2.24) is 10.3 Å². The molecule has 1 aliphatic carbocycles. The SMILES string of the molecule is COCC(=O)NC1CCC2CN(c3nc4cc(OC)ccc4o3)CC2C1. The zero-order valence-electron chi connectivity index (χ0n) is 15.2. The number of methoxy groups -OCH3 is 2. The summed E-state index contributed by atoms with van der Waals surface area (Å²) >= 11 is 0. The van der Waals surface area contributed by atoms with Gasteiger partial charge in [-0.25, -0.2) is 0 Å². The van der Waals surface area contributed by atoms with Crippen LogP contribution in [0.15, 0.2) is 22.6 Å². The molecule has 26 heavy (non-hydrogen) atoms. The van der Waals surface area contributed by atoms with Crippen molar-refractivity contribution in [3.05, 3.63) is 18.2 Å². The molecule has 1 aromatic carbocycles. The quantitative estimate of drug-likeness (QED) is 0.882. The van der Waals surface area contributed by atoms with Crippen LogP contribution in [0.1, 0.15) is 19.3 Å². The Bertz CT molecular complexity index is 790. The van der Waals surface area contributed by atoms with Gasteiger partial charge < -0.3 is 24.1 Å². The molecule has 1 N–H and O–H groups in total. The number of hydrogen-bond acceptors (Lipinski definition) is 6. The van der Waals surface area contributed by atoms with Gasteiger partial charge in [-0.1, -0.05) is 0 Å². The second kappa shape index (κ2) is 7.15. The second-order valence-corrected chi connectivity index (χ2v) is 7.27. The van der Waals surface area contributed by atoms with E-state index in [9.17, 15) is 4.79 Å². The molecule has 1 aliphatic heterocycles. The minimum Gasteiger partial charge on any atom is -0.497 e. The Morgan fingerprint density at radius 1 is 1.31 bits per heavy atom. The molecule has 0 spiro atoms. The maximum atomic E-state index is 11.8. The van der Waals surface area contributed by atoms with E-state index in [4.69, 9.17) is 13.9 Å². The molecule has 2 aromatic rings. The Kier molecular flexibility index (Phi) is 4.72. The lowest BCUT2D eigenvalue weighted by Crippen LogP contribution is -2.42. The monoisotopic (exact) mass is 359 g/mol. The van der Waals surface area contributed by atoms with Crippen LogP contribution >= 0.6 is 0 Å². The lowest BCUT2D eigenvalue weighted by molar-refractivity contribution is -0.125. The summed E-state index contributed by atoms with van der Waals surface area (Å²) in [6, 6.07) is 6.60. The van der Waals surface area contributed by atoms with E-state index >= 15 is 0 Å². The summed E-state index contributed by atoms with van der Waals surface area (Å²) in [5, 5.41) is 3.09. The highest BCUT2D eigenvalue weighted by Crippen LogP contribution is 2.38. The summed E-state index contributed by atoms with van der Waals surface area (Å²) in [5.41, 5.74) is 1.60. The maximum Gasteiger partial charge on any atom is 0.298 e. The normalized spacial score (nSPS) is 25.3. The van der Waals surface area contributed by atoms with Gasteiger partial charge in [0.1, 0.15) is 17.9 Å². The molecule has 4 rings (SSSR count). The van der Waals surface area contributed by atoms with Crippen molar-refractivity contribution in [1.29, 1.82) is 0 Å². The lowest BCUT2D eigenvalue weighted by atomic mass is 9.79. The van der Waals surface area contributed by atoms with Gasteiger partial charge in [-0.2, -0.15) is 4.98 Å². The number of fused-ring (bicyclic) bond motifs is 2. The van der Waals surface area contributed by atoms with Gasteiger partial charge in [0, 0.05) is 32.3 Å². The summed E-state index contributed by atoms with van der Waals surface area (Å²) in [6.45, 7) is 2.02. The fraction of sp³-hybridized carbons (Fsp3) is 0.579. The molecule has 0 radical (unpaired) electrons. The maximum absolute atomic E-state index is 11.8. The summed E-state index contributed by atoms with van der Waals surface area (Å²) in [5.74, 6) is 1.94. The first kappa shape index (κ1) is 17.1. The molecule has 1 aromatic heterocycles. The molecule has 0 bridgehead atoms. The van der Waals surface area contributed by atoms with Gasteiger partial charge in [0.25, 0.3) is 6.01 Å². The van der Waals surface area contributed by atoms with E-state index in [1.54, 1.807) is 14.2 Å². The standard InChI is InChI=1S/C19H25N3O4/c1-24-11-18(23)20-14-4-3-12-9-22(10-13(12)7-14)19-21-16-8-15(25-2)5-6-17(16)26-19/h5-6,8,12-14H,3-4,7,9-11H2,1-2H3,(H,20,23). The zero-order chi connectivity index (χ0) is 18.1. The van der Waals surface area contributed by atoms with Gasteiger partial charge in [0.05, 0.1) is 7.11 Å². The third-order valence-corrected chi connectivity index (χ3v) is 5.54. The van der Waals surface area contributed by atoms with Crippen LogP contribution in [-0.4, -0.2) is 50.8 Å². The Morgan fingerprint density at radius 2 is 2.15 bits per heavy atom. The fourth-order valence-electron chi connectivity index (χ4n) is 4.28. The molecule has 2 fully saturated rings. The number of rotatable bonds is 5. The van der Waals surface area contributed by atoms with Crippen molar-refractivity contribution < 1.29 is 18.7 Å². The smallest absolute Gasteiger partial charge is 0.298 e. The number of oxazole rings is 1. The van der Waals surface area contributed by atoms with Crippen molar-refractivity contribution in [3.63, 3.8) is 0 Å². The third kappa shape index (κ3) is 3.35. The van der Waals surface area contributed by atoms with Crippen LogP contribution in [0.3, 0.4) is 0 Å². The van der Waals surface area contributed by atoms with Gasteiger partial charge in [0.15, 0.2) is 5.58 Å². The molecule has 1 saturated carbocycles. The number of hydrogen-bond donors (Lipinski definition) is 1. The summed E-state index contributed by atoms with van der Waals surface area (Å²) in [4.78, 5) is 18.6. The van der Waals surface area contributed by atoms with Crippen LogP contribution in [0.25, 0.3) is 11.1 Å². The predicted octanol–water partition coefficient (Wildman–Crippen LogP) is 2.20. The first-order chi connectivity index (χ1) is 12.7. The largest absolute Gasteiger partial charge is 0.497 e. The van der Waals surface area contributed by atoms with Gasteiger partial charge in [-0.05, 0) is 43.2 Å². The van der Waals surface area contributed by atoms with E-state index in [0.29, 0.717) is 17.9 Å². The van der Waals surface area contributed by atoms with Crippen molar-refractivity contribution in [2.24, 2.45) is 11.8 Å². The van der Waals surface area contributed by atoms with E-state index in [-0.39, 0.29) is 18.6 Å². The molecule has 7 heteroatoms. The summed E-state index contributed by atoms with van der Waals surface area (Å²) in [6.07, 6.45) is 3.15. The van der Waals surface area contributed by atoms with Crippen LogP contribution in [-0.2, 0) is 9.53 Å². The van der Waals surface area contributed by atoms with E-state index in [1.165, 1.54) is 0 Å². The third-order valence-electron chi connectivity index (χ3n) is 5.54. The molecule has 2 aliphatic rings. The predicted molar refractivity (Wildman–Crippen MR) is 97.4 cm³/mol. The van der Waals surface area contributed by atoms with E-state index in [1.807, 2.05) is 18.2 Å². The first-order valence-corrected chi connectivity index (χ1v) is 9.14. The number of nitrogens with zero attached hydrogens (tertiary/aromatic N) is 2. The topological polar surface area (TPSA) is 76.8 Å². The number of nitrogens with one attached hydrogen (secondary N) is 1. The minimum absolute atomic E-state index is 0.0290. The number of carbonyl (C=O) groups is 1. The second-order valence-electron chi connectivity index (χ2n) is 7.27. The average molecular weight is 359 g/mol. The number of anilines is 1. The van der Waals surface area contributed by atoms with E-state index < -0.39 is 0 Å². The number of amides is 1. The molecule has 1 saturated heterocycles. The molecule has 140 valence electrons. The van der Waals surface area contributed by atoms with Gasteiger partial charge in [-0.3, -0.25) is 4.79 Å². The zero-order valence-corrected chi connectivity index (χ0v) is 15.2.